The van der Waals surface area contributed by atoms with Crippen LogP contribution in [0.5, 0.6) is 5.75 Å². The highest BCUT2D eigenvalue weighted by Crippen LogP contribution is 2.34. The SMILES string of the molecule is CCCC(NCCCN=C(C)N)c1c(F)cc(-n2cc3cc(-c4cc(CCCC(C)N)cc(Cl)c4F)[nH]c3nc2=O)cc1OC. The van der Waals surface area contributed by atoms with Crippen LogP contribution in [0.1, 0.15) is 70.0 Å². The van der Waals surface area contributed by atoms with Crippen molar-refractivity contribution in [3.8, 4) is 22.7 Å². The Kier molecular flexibility index (Phi) is 11.7. The second-order valence-corrected chi connectivity index (χ2v) is 11.8. The van der Waals surface area contributed by atoms with Gasteiger partial charge in [0.1, 0.15) is 17.2 Å². The van der Waals surface area contributed by atoms with Gasteiger partial charge in [-0.2, -0.15) is 4.98 Å². The molecule has 6 N–H and O–H groups in total. The quantitative estimate of drug-likeness (QED) is 0.0694. The third kappa shape index (κ3) is 8.47. The lowest BCUT2D eigenvalue weighted by molar-refractivity contribution is 0.383. The largest absolute Gasteiger partial charge is 0.496 e. The fourth-order valence-electron chi connectivity index (χ4n) is 5.41. The average Bonchev–Trinajstić information content (AvgIpc) is 3.39. The molecule has 242 valence electrons. The molecule has 4 aromatic rings. The molecule has 2 aromatic carbocycles. The van der Waals surface area contributed by atoms with Gasteiger partial charge in [0.2, 0.25) is 0 Å². The summed E-state index contributed by atoms with van der Waals surface area (Å²) in [5, 5.41) is 3.95. The van der Waals surface area contributed by atoms with Crippen LogP contribution in [0, 0.1) is 11.6 Å². The molecule has 2 heterocycles. The minimum absolute atomic E-state index is 0.00665. The van der Waals surface area contributed by atoms with Crippen LogP contribution in [0.25, 0.3) is 28.0 Å². The number of methoxy groups -OCH3 is 1. The molecule has 0 amide bonds. The van der Waals surface area contributed by atoms with E-state index < -0.39 is 17.3 Å². The Balaban J connectivity index is 1.67. The van der Waals surface area contributed by atoms with Crippen molar-refractivity contribution in [3.05, 3.63) is 74.8 Å². The predicted molar refractivity (Wildman–Crippen MR) is 178 cm³/mol. The Bertz CT molecular complexity index is 1710. The van der Waals surface area contributed by atoms with E-state index in [1.54, 1.807) is 37.4 Å². The van der Waals surface area contributed by atoms with Crippen LogP contribution >= 0.6 is 11.6 Å². The molecule has 0 aliphatic heterocycles. The maximum absolute atomic E-state index is 15.8. The van der Waals surface area contributed by atoms with Crippen molar-refractivity contribution in [1.29, 1.82) is 0 Å². The summed E-state index contributed by atoms with van der Waals surface area (Å²) in [4.78, 5) is 24.6. The minimum Gasteiger partial charge on any atom is -0.496 e. The Labute approximate surface area is 267 Å². The summed E-state index contributed by atoms with van der Waals surface area (Å²) in [7, 11) is 1.47. The number of aliphatic imine (C=N–C) groups is 1. The summed E-state index contributed by atoms with van der Waals surface area (Å²) in [6.45, 7) is 6.90. The number of amidine groups is 1. The molecular weight excluding hydrogens is 600 g/mol. The van der Waals surface area contributed by atoms with Crippen LogP contribution in [0.2, 0.25) is 5.02 Å². The minimum atomic E-state index is -0.632. The lowest BCUT2D eigenvalue weighted by Crippen LogP contribution is -2.25. The number of rotatable bonds is 15. The summed E-state index contributed by atoms with van der Waals surface area (Å²) in [6.07, 6.45) is 6.15. The van der Waals surface area contributed by atoms with Gasteiger partial charge in [-0.3, -0.25) is 9.56 Å². The van der Waals surface area contributed by atoms with Gasteiger partial charge in [0.15, 0.2) is 5.82 Å². The maximum atomic E-state index is 15.8. The number of hydrogen-bond donors (Lipinski definition) is 4. The monoisotopic (exact) mass is 641 g/mol. The van der Waals surface area contributed by atoms with Crippen LogP contribution in [0.15, 0.2) is 46.3 Å². The van der Waals surface area contributed by atoms with E-state index in [1.165, 1.54) is 17.7 Å². The van der Waals surface area contributed by atoms with E-state index in [4.69, 9.17) is 27.8 Å². The zero-order valence-electron chi connectivity index (χ0n) is 26.2. The molecular formula is C33H42ClF2N7O2. The van der Waals surface area contributed by atoms with Crippen molar-refractivity contribution in [3.63, 3.8) is 0 Å². The van der Waals surface area contributed by atoms with E-state index >= 15 is 8.78 Å². The number of halogens is 3. The molecule has 0 spiro atoms. The molecule has 12 heteroatoms. The van der Waals surface area contributed by atoms with Gasteiger partial charge in [0, 0.05) is 47.4 Å². The van der Waals surface area contributed by atoms with Crippen molar-refractivity contribution in [2.24, 2.45) is 16.5 Å². The number of nitrogens with zero attached hydrogens (tertiary/aromatic N) is 3. The van der Waals surface area contributed by atoms with Crippen molar-refractivity contribution in [1.82, 2.24) is 19.9 Å². The molecule has 4 rings (SSSR count). The molecule has 2 aromatic heterocycles. The van der Waals surface area contributed by atoms with Gasteiger partial charge in [-0.05, 0) is 82.3 Å². The first-order chi connectivity index (χ1) is 21.5. The molecule has 9 nitrogen and oxygen atoms in total. The van der Waals surface area contributed by atoms with Gasteiger partial charge in [-0.1, -0.05) is 24.9 Å². The number of nitrogens with two attached hydrogens (primary N) is 2. The summed E-state index contributed by atoms with van der Waals surface area (Å²) < 4.78 is 37.8. The molecule has 2 unspecified atom stereocenters. The Morgan fingerprint density at radius 2 is 1.98 bits per heavy atom. The Morgan fingerprint density at radius 1 is 1.20 bits per heavy atom. The van der Waals surface area contributed by atoms with Crippen LogP contribution < -0.4 is 27.2 Å². The number of fused-ring (bicyclic) bond motifs is 1. The van der Waals surface area contributed by atoms with E-state index in [2.05, 4.69) is 20.3 Å². The van der Waals surface area contributed by atoms with E-state index in [0.717, 1.165) is 31.2 Å². The van der Waals surface area contributed by atoms with Gasteiger partial charge in [0.25, 0.3) is 0 Å². The third-order valence-electron chi connectivity index (χ3n) is 7.60. The molecule has 0 radical (unpaired) electrons. The fourth-order valence-corrected chi connectivity index (χ4v) is 5.65. The van der Waals surface area contributed by atoms with Crippen LogP contribution in [0.3, 0.4) is 0 Å². The normalized spacial score (nSPS) is 13.4. The fraction of sp³-hybridized carbons (Fsp3) is 0.424. The van der Waals surface area contributed by atoms with Gasteiger partial charge < -0.3 is 26.5 Å². The topological polar surface area (TPSA) is 136 Å². The number of ether oxygens (including phenoxy) is 1. The second kappa shape index (κ2) is 15.5. The zero-order valence-corrected chi connectivity index (χ0v) is 27.0. The first-order valence-electron chi connectivity index (χ1n) is 15.3. The van der Waals surface area contributed by atoms with Crippen LogP contribution in [-0.4, -0.2) is 46.6 Å². The van der Waals surface area contributed by atoms with Gasteiger partial charge in [0.05, 0.1) is 29.3 Å². The number of H-pyrrole nitrogens is 1. The van der Waals surface area contributed by atoms with Gasteiger partial charge in [-0.15, -0.1) is 0 Å². The number of aromatic amines is 1. The van der Waals surface area contributed by atoms with E-state index in [9.17, 15) is 4.79 Å². The first kappa shape index (κ1) is 34.1. The Morgan fingerprint density at radius 3 is 2.67 bits per heavy atom. The number of nitrogens with one attached hydrogen (secondary N) is 2. The molecule has 0 aliphatic rings. The average molecular weight is 642 g/mol. The summed E-state index contributed by atoms with van der Waals surface area (Å²) in [5.74, 6) is -0.248. The number of aryl methyl sites for hydroxylation is 1. The lowest BCUT2D eigenvalue weighted by Gasteiger charge is -2.22. The van der Waals surface area contributed by atoms with Crippen molar-refractivity contribution >= 4 is 28.5 Å². The zero-order chi connectivity index (χ0) is 32.7. The maximum Gasteiger partial charge on any atom is 0.354 e. The molecule has 0 fully saturated rings. The van der Waals surface area contributed by atoms with Crippen LogP contribution in [0.4, 0.5) is 8.78 Å². The third-order valence-corrected chi connectivity index (χ3v) is 7.87. The first-order valence-corrected chi connectivity index (χ1v) is 15.6. The van der Waals surface area contributed by atoms with E-state index in [1.807, 2.05) is 13.8 Å². The second-order valence-electron chi connectivity index (χ2n) is 11.4. The number of hydrogen-bond acceptors (Lipinski definition) is 6. The van der Waals surface area contributed by atoms with Crippen molar-refractivity contribution in [2.45, 2.75) is 71.4 Å². The molecule has 0 bridgehead atoms. The molecule has 45 heavy (non-hydrogen) atoms. The van der Waals surface area contributed by atoms with E-state index in [-0.39, 0.29) is 34.0 Å². The van der Waals surface area contributed by atoms with Crippen molar-refractivity contribution < 1.29 is 13.5 Å². The van der Waals surface area contributed by atoms with Gasteiger partial charge >= 0.3 is 5.69 Å². The number of benzene rings is 2. The predicted octanol–water partition coefficient (Wildman–Crippen LogP) is 6.19. The molecule has 0 saturated carbocycles. The molecule has 2 atom stereocenters. The number of aromatic nitrogens is 3. The summed E-state index contributed by atoms with van der Waals surface area (Å²) in [6, 6.07) is 7.75. The van der Waals surface area contributed by atoms with Crippen molar-refractivity contribution in [2.75, 3.05) is 20.2 Å². The summed E-state index contributed by atoms with van der Waals surface area (Å²) in [5.41, 5.74) is 13.3. The highest BCUT2D eigenvalue weighted by molar-refractivity contribution is 6.31. The Hall–Kier alpha value is -3.80. The highest BCUT2D eigenvalue weighted by atomic mass is 35.5. The summed E-state index contributed by atoms with van der Waals surface area (Å²) >= 11 is 6.25. The van der Waals surface area contributed by atoms with E-state index in [0.29, 0.717) is 54.2 Å². The molecule has 0 aliphatic carbocycles. The molecule has 0 saturated heterocycles. The highest BCUT2D eigenvalue weighted by Gasteiger charge is 2.22. The standard InChI is InChI=1S/C33H42ClF2N7O2/c1-5-8-27(40-12-7-11-39-20(3)38)30-26(35)16-23(17-29(30)45-4)43-18-22-15-28(41-32(22)42-33(43)44)24-13-21(10-6-9-19(2)37)14-25(34)31(24)36/h13-19,27,40H,5-12,37H2,1-4H3,(H2,38,39)(H,41,42,44). The van der Waals surface area contributed by atoms with Gasteiger partial charge in [-0.25, -0.2) is 13.6 Å². The van der Waals surface area contributed by atoms with Crippen LogP contribution in [-0.2, 0) is 6.42 Å². The lowest BCUT2D eigenvalue weighted by atomic mass is 9.99. The smallest absolute Gasteiger partial charge is 0.354 e.